The van der Waals surface area contributed by atoms with Gasteiger partial charge in [-0.2, -0.15) is 5.26 Å². The molecule has 32 heavy (non-hydrogen) atoms. The van der Waals surface area contributed by atoms with Crippen molar-refractivity contribution < 1.29 is 14.3 Å². The van der Waals surface area contributed by atoms with E-state index >= 15 is 0 Å². The molecule has 0 amide bonds. The van der Waals surface area contributed by atoms with Crippen LogP contribution in [0.3, 0.4) is 0 Å². The van der Waals surface area contributed by atoms with Crippen LogP contribution in [-0.2, 0) is 0 Å². The maximum atomic E-state index is 14.0. The molecule has 2 atom stereocenters. The Morgan fingerprint density at radius 2 is 1.94 bits per heavy atom. The average Bonchev–Trinajstić information content (AvgIpc) is 2.85. The average molecular weight is 429 g/mol. The molecule has 1 aromatic carbocycles. The van der Waals surface area contributed by atoms with E-state index in [0.717, 1.165) is 6.42 Å². The maximum Gasteiger partial charge on any atom is 0.259 e. The second-order valence-electron chi connectivity index (χ2n) is 7.67. The predicted octanol–water partition coefficient (Wildman–Crippen LogP) is 3.19. The Bertz CT molecular complexity index is 1150. The van der Waals surface area contributed by atoms with Crippen molar-refractivity contribution in [2.24, 2.45) is 0 Å². The van der Waals surface area contributed by atoms with Gasteiger partial charge in [-0.15, -0.1) is 0 Å². The van der Waals surface area contributed by atoms with Crippen LogP contribution in [0.1, 0.15) is 35.7 Å². The number of carbonyl (C=O) groups is 1. The fourth-order valence-electron chi connectivity index (χ4n) is 3.84. The number of nitrogens with one attached hydrogen (secondary N) is 1. The summed E-state index contributed by atoms with van der Waals surface area (Å²) in [7, 11) is 1.45. The van der Waals surface area contributed by atoms with E-state index in [1.165, 1.54) is 13.3 Å². The van der Waals surface area contributed by atoms with Gasteiger partial charge in [0, 0.05) is 42.3 Å². The zero-order chi connectivity index (χ0) is 22.6. The van der Waals surface area contributed by atoms with Crippen LogP contribution in [0, 0.1) is 11.3 Å². The number of methoxy groups -OCH3 is 1. The highest BCUT2D eigenvalue weighted by molar-refractivity contribution is 6.07. The number of nitrogens with zero attached hydrogens (tertiary/aromatic N) is 4. The molecule has 8 heteroatoms. The van der Waals surface area contributed by atoms with Gasteiger partial charge in [0.2, 0.25) is 5.78 Å². The lowest BCUT2D eigenvalue weighted by molar-refractivity contribution is 0.0251. The molecule has 0 unspecified atom stereocenters. The van der Waals surface area contributed by atoms with Crippen molar-refractivity contribution >= 4 is 5.78 Å². The first kappa shape index (κ1) is 21.4. The zero-order valence-electron chi connectivity index (χ0n) is 17.9. The molecule has 162 valence electrons. The van der Waals surface area contributed by atoms with Gasteiger partial charge in [0.1, 0.15) is 11.6 Å². The van der Waals surface area contributed by atoms with Gasteiger partial charge in [0.15, 0.2) is 17.2 Å². The van der Waals surface area contributed by atoms with Crippen LogP contribution in [0.2, 0.25) is 0 Å². The lowest BCUT2D eigenvalue weighted by atomic mass is 9.82. The molecule has 4 rings (SSSR count). The number of hydrogen-bond donors (Lipinski definition) is 1. The van der Waals surface area contributed by atoms with Crippen LogP contribution < -0.4 is 14.8 Å². The third-order valence-corrected chi connectivity index (χ3v) is 5.60. The lowest BCUT2D eigenvalue weighted by Gasteiger charge is -2.39. The van der Waals surface area contributed by atoms with Crippen LogP contribution in [0.25, 0.3) is 11.4 Å². The Kier molecular flexibility index (Phi) is 6.10. The first-order valence-electron chi connectivity index (χ1n) is 10.3. The van der Waals surface area contributed by atoms with Crippen LogP contribution in [0.4, 0.5) is 0 Å². The molecule has 1 N–H and O–H groups in total. The normalized spacial score (nSPS) is 20.2. The Hall–Kier alpha value is -3.83. The summed E-state index contributed by atoms with van der Waals surface area (Å²) in [6.07, 6.45) is 5.96. The minimum atomic E-state index is -1.23. The Labute approximate surface area is 186 Å². The van der Waals surface area contributed by atoms with Crippen molar-refractivity contribution in [3.63, 3.8) is 0 Å². The van der Waals surface area contributed by atoms with Crippen molar-refractivity contribution in [3.8, 4) is 29.1 Å². The van der Waals surface area contributed by atoms with E-state index in [-0.39, 0.29) is 29.0 Å². The van der Waals surface area contributed by atoms with E-state index < -0.39 is 5.60 Å². The fourth-order valence-corrected chi connectivity index (χ4v) is 3.84. The van der Waals surface area contributed by atoms with Crippen molar-refractivity contribution in [2.75, 3.05) is 13.7 Å². The van der Waals surface area contributed by atoms with Gasteiger partial charge >= 0.3 is 0 Å². The number of aromatic nitrogens is 3. The van der Waals surface area contributed by atoms with Crippen LogP contribution in [-0.4, -0.2) is 46.0 Å². The molecule has 1 aliphatic rings. The summed E-state index contributed by atoms with van der Waals surface area (Å²) in [6.45, 7) is 2.36. The summed E-state index contributed by atoms with van der Waals surface area (Å²) >= 11 is 0. The summed E-state index contributed by atoms with van der Waals surface area (Å²) in [6, 6.07) is 12.8. The number of benzene rings is 1. The first-order valence-corrected chi connectivity index (χ1v) is 10.3. The number of nitriles is 1. The van der Waals surface area contributed by atoms with Crippen molar-refractivity contribution in [2.45, 2.75) is 31.4 Å². The van der Waals surface area contributed by atoms with E-state index in [9.17, 15) is 10.1 Å². The third kappa shape index (κ3) is 4.03. The number of ether oxygens (including phenoxy) is 2. The van der Waals surface area contributed by atoms with Crippen molar-refractivity contribution in [1.29, 1.82) is 5.26 Å². The quantitative estimate of drug-likeness (QED) is 0.595. The topological polar surface area (TPSA) is 110 Å². The number of rotatable bonds is 6. The largest absolute Gasteiger partial charge is 0.490 e. The minimum absolute atomic E-state index is 0.115. The zero-order valence-corrected chi connectivity index (χ0v) is 17.9. The Morgan fingerprint density at radius 1 is 1.16 bits per heavy atom. The molecule has 0 aliphatic carbocycles. The third-order valence-electron chi connectivity index (χ3n) is 5.60. The highest BCUT2D eigenvalue weighted by atomic mass is 16.5. The molecule has 1 aliphatic heterocycles. The molecule has 1 saturated heterocycles. The molecule has 2 aromatic heterocycles. The van der Waals surface area contributed by atoms with E-state index in [4.69, 9.17) is 9.47 Å². The molecule has 0 radical (unpaired) electrons. The number of ketones is 1. The lowest BCUT2D eigenvalue weighted by Crippen LogP contribution is -2.58. The summed E-state index contributed by atoms with van der Waals surface area (Å²) < 4.78 is 11.7. The fraction of sp³-hybridized carbons (Fsp3) is 0.292. The minimum Gasteiger partial charge on any atom is -0.490 e. The van der Waals surface area contributed by atoms with Crippen LogP contribution in [0.5, 0.6) is 11.6 Å². The summed E-state index contributed by atoms with van der Waals surface area (Å²) in [4.78, 5) is 26.9. The van der Waals surface area contributed by atoms with E-state index in [0.29, 0.717) is 29.9 Å². The summed E-state index contributed by atoms with van der Waals surface area (Å²) in [5.41, 5.74) is 0.150. The monoisotopic (exact) mass is 429 g/mol. The molecular formula is C24H23N5O3. The number of pyridine rings is 1. The van der Waals surface area contributed by atoms with Crippen LogP contribution >= 0.6 is 0 Å². The van der Waals surface area contributed by atoms with Gasteiger partial charge in [0.05, 0.1) is 7.11 Å². The number of carbonyl (C=O) groups excluding carboxylic acids is 1. The molecular weight excluding hydrogens is 406 g/mol. The molecule has 8 nitrogen and oxygen atoms in total. The highest BCUT2D eigenvalue weighted by Crippen LogP contribution is 2.36. The Morgan fingerprint density at radius 3 is 2.62 bits per heavy atom. The summed E-state index contributed by atoms with van der Waals surface area (Å²) in [5.74, 6) is 0.585. The van der Waals surface area contributed by atoms with E-state index in [1.54, 1.807) is 36.7 Å². The molecule has 0 bridgehead atoms. The van der Waals surface area contributed by atoms with E-state index in [2.05, 4.69) is 33.3 Å². The molecule has 0 saturated carbocycles. The maximum absolute atomic E-state index is 14.0. The molecule has 1 fully saturated rings. The van der Waals surface area contributed by atoms with Crippen molar-refractivity contribution in [1.82, 2.24) is 20.3 Å². The second kappa shape index (κ2) is 9.12. The smallest absolute Gasteiger partial charge is 0.259 e. The molecule has 3 aromatic rings. The summed E-state index contributed by atoms with van der Waals surface area (Å²) in [5, 5.41) is 12.8. The van der Waals surface area contributed by atoms with Gasteiger partial charge in [-0.25, -0.2) is 15.0 Å². The van der Waals surface area contributed by atoms with Gasteiger partial charge in [-0.1, -0.05) is 24.3 Å². The number of Topliss-reactive ketones (excluding diaryl/α,β-unsaturated/α-hetero) is 1. The predicted molar refractivity (Wildman–Crippen MR) is 117 cm³/mol. The number of piperidine rings is 1. The standard InChI is InChI=1S/C24H23N5O3/c1-16-8-10-24(15-29-16,32-23-20(31-2)17(14-25)9-13-28-23)21(30)18-6-3-4-7-19(18)22-26-11-5-12-27-22/h3-7,9,11-13,16,29H,8,10,15H2,1-2H3/t16-,24-/m1/s1. The van der Waals surface area contributed by atoms with Gasteiger partial charge in [-0.3, -0.25) is 4.79 Å². The molecule has 0 spiro atoms. The Balaban J connectivity index is 1.79. The second-order valence-corrected chi connectivity index (χ2v) is 7.67. The van der Waals surface area contributed by atoms with Gasteiger partial charge in [-0.05, 0) is 31.9 Å². The first-order chi connectivity index (χ1) is 15.6. The van der Waals surface area contributed by atoms with Gasteiger partial charge in [0.25, 0.3) is 5.88 Å². The van der Waals surface area contributed by atoms with Crippen molar-refractivity contribution in [3.05, 3.63) is 66.1 Å². The van der Waals surface area contributed by atoms with Gasteiger partial charge < -0.3 is 14.8 Å². The van der Waals surface area contributed by atoms with Crippen LogP contribution in [0.15, 0.2) is 55.0 Å². The highest BCUT2D eigenvalue weighted by Gasteiger charge is 2.45. The molecule has 3 heterocycles. The SMILES string of the molecule is COc1c(C#N)ccnc1O[C@]1(C(=O)c2ccccc2-c2ncccn2)CC[C@@H](C)NC1. The number of hydrogen-bond acceptors (Lipinski definition) is 8. The van der Waals surface area contributed by atoms with E-state index in [1.807, 2.05) is 12.1 Å².